The number of nitrogens with zero attached hydrogens (tertiary/aromatic N) is 1. The standard InChI is InChI=1S/C39H52F4N14O7/c1-18-33(59)54-27(16-49-29(58)14-23(45)3-2-9-44)35(61)55-28(36(62)57-30(26-8-10-48-38(47)56-26)37(63)50-15-25(46)34(60)52-18)17-51-39(64)53-24-6-4-19(5-7-24)20-11-21(31(40)41)13-22(12-20)32(42)43/h4-7,11-13,17-18,23,25-27,30-32H,2-3,8-10,14-16,44-46H2,1H3,(H,49,58)(H,50,63)(H,52,60)(H,54,59)(H,55,61)(H,57,62)(H3,47,48,56)(H2,51,53,64)/b28-17-/t18-,23-,25?,26?,27-,30-/m0/s1. The van der Waals surface area contributed by atoms with Crippen LogP contribution in [0.5, 0.6) is 0 Å². The van der Waals surface area contributed by atoms with Crippen molar-refractivity contribution in [1.82, 2.24) is 42.5 Å². The molecule has 8 amide bonds. The molecular formula is C39H52F4N14O7. The summed E-state index contributed by atoms with van der Waals surface area (Å²) in [6, 6.07) is 0.0285. The Kier molecular flexibility index (Phi) is 18.3. The Morgan fingerprint density at radius 2 is 1.56 bits per heavy atom. The van der Waals surface area contributed by atoms with Gasteiger partial charge in [0.2, 0.25) is 29.5 Å². The monoisotopic (exact) mass is 904 g/mol. The molecule has 2 unspecified atom stereocenters. The summed E-state index contributed by atoms with van der Waals surface area (Å²) in [4.78, 5) is 97.7. The van der Waals surface area contributed by atoms with Crippen molar-refractivity contribution in [1.29, 1.82) is 0 Å². The lowest BCUT2D eigenvalue weighted by molar-refractivity contribution is -0.133. The average molecular weight is 905 g/mol. The lowest BCUT2D eigenvalue weighted by Crippen LogP contribution is -2.63. The number of benzene rings is 2. The zero-order valence-electron chi connectivity index (χ0n) is 34.5. The first-order valence-electron chi connectivity index (χ1n) is 20.0. The summed E-state index contributed by atoms with van der Waals surface area (Å²) in [6.07, 6.45) is -4.27. The predicted molar refractivity (Wildman–Crippen MR) is 225 cm³/mol. The van der Waals surface area contributed by atoms with Crippen LogP contribution in [0, 0.1) is 0 Å². The molecule has 1 fully saturated rings. The van der Waals surface area contributed by atoms with Crippen LogP contribution in [0.15, 0.2) is 59.4 Å². The molecule has 348 valence electrons. The first kappa shape index (κ1) is 49.8. The molecular weight excluding hydrogens is 853 g/mol. The van der Waals surface area contributed by atoms with Gasteiger partial charge in [0.05, 0.1) is 6.04 Å². The van der Waals surface area contributed by atoms with Crippen molar-refractivity contribution >= 4 is 53.1 Å². The Balaban J connectivity index is 1.64. The molecule has 0 aromatic heterocycles. The maximum absolute atomic E-state index is 14.0. The maximum Gasteiger partial charge on any atom is 0.323 e. The predicted octanol–water partition coefficient (Wildman–Crippen LogP) is -1.51. The molecule has 4 rings (SSSR count). The SMILES string of the molecule is C[C@@H]1NC(=O)C(N)CNC(=O)[C@H](C2CCN=C(N)N2)NC(=O)/C(=C/NC(=O)Nc2ccc(-c3cc(C(F)F)cc(C(F)F)c3)cc2)NC(=O)[C@H](CNC(=O)C[C@@H](N)CCCN)NC1=O. The number of anilines is 1. The summed E-state index contributed by atoms with van der Waals surface area (Å²) in [6.45, 7) is 0.771. The molecule has 2 aliphatic heterocycles. The topological polar surface area (TPSA) is 344 Å². The highest BCUT2D eigenvalue weighted by molar-refractivity contribution is 6.03. The number of hydrogen-bond acceptors (Lipinski definition) is 13. The van der Waals surface area contributed by atoms with E-state index in [-0.39, 0.29) is 42.2 Å². The van der Waals surface area contributed by atoms with E-state index in [4.69, 9.17) is 22.9 Å². The second-order valence-electron chi connectivity index (χ2n) is 14.8. The zero-order chi connectivity index (χ0) is 47.1. The van der Waals surface area contributed by atoms with Crippen molar-refractivity contribution in [3.63, 3.8) is 0 Å². The van der Waals surface area contributed by atoms with Crippen LogP contribution in [0.4, 0.5) is 28.0 Å². The number of guanidine groups is 1. The molecule has 0 bridgehead atoms. The number of carbonyl (C=O) groups excluding carboxylic acids is 7. The third-order valence-corrected chi connectivity index (χ3v) is 9.78. The number of halogens is 4. The summed E-state index contributed by atoms with van der Waals surface area (Å²) in [5, 5.41) is 22.1. The summed E-state index contributed by atoms with van der Waals surface area (Å²) in [5.74, 6) is -5.52. The molecule has 0 aliphatic carbocycles. The lowest BCUT2D eigenvalue weighted by Gasteiger charge is -2.31. The van der Waals surface area contributed by atoms with Crippen molar-refractivity contribution in [3.8, 4) is 11.1 Å². The molecule has 25 heteroatoms. The second kappa shape index (κ2) is 23.5. The van der Waals surface area contributed by atoms with Crippen LogP contribution in [0.3, 0.4) is 0 Å². The van der Waals surface area contributed by atoms with E-state index in [1.165, 1.54) is 31.2 Å². The number of alkyl halides is 4. The summed E-state index contributed by atoms with van der Waals surface area (Å²) >= 11 is 0. The number of aliphatic imine (C=N–C) groups is 1. The fraction of sp³-hybridized carbons (Fsp3) is 0.436. The molecule has 0 spiro atoms. The van der Waals surface area contributed by atoms with Gasteiger partial charge in [-0.3, -0.25) is 33.8 Å². The Morgan fingerprint density at radius 1 is 0.891 bits per heavy atom. The van der Waals surface area contributed by atoms with Crippen molar-refractivity contribution in [2.45, 2.75) is 81.7 Å². The maximum atomic E-state index is 14.0. The third-order valence-electron chi connectivity index (χ3n) is 9.78. The highest BCUT2D eigenvalue weighted by atomic mass is 19.3. The van der Waals surface area contributed by atoms with Crippen molar-refractivity contribution in [3.05, 3.63) is 65.5 Å². The number of nitrogens with two attached hydrogens (primary N) is 4. The van der Waals surface area contributed by atoms with Crippen LogP contribution < -0.4 is 70.8 Å². The minimum absolute atomic E-state index is 0.0495. The van der Waals surface area contributed by atoms with Crippen molar-refractivity contribution in [2.24, 2.45) is 27.9 Å². The minimum atomic E-state index is -3.01. The number of hydrogen-bond donors (Lipinski definition) is 13. The Bertz CT molecular complexity index is 2070. The van der Waals surface area contributed by atoms with Crippen LogP contribution in [0.25, 0.3) is 11.1 Å². The van der Waals surface area contributed by atoms with E-state index in [0.29, 0.717) is 25.5 Å². The Hall–Kier alpha value is -6.86. The Morgan fingerprint density at radius 3 is 2.19 bits per heavy atom. The highest BCUT2D eigenvalue weighted by Gasteiger charge is 2.35. The normalized spacial score (nSPS) is 22.5. The smallest absolute Gasteiger partial charge is 0.323 e. The molecule has 0 radical (unpaired) electrons. The second-order valence-corrected chi connectivity index (χ2v) is 14.8. The molecule has 2 heterocycles. The van der Waals surface area contributed by atoms with Gasteiger partial charge < -0.3 is 70.8 Å². The number of nitrogens with one attached hydrogen (secondary N) is 9. The van der Waals surface area contributed by atoms with E-state index in [2.05, 4.69) is 52.8 Å². The number of urea groups is 1. The zero-order valence-corrected chi connectivity index (χ0v) is 34.5. The number of amides is 8. The molecule has 2 aromatic carbocycles. The van der Waals surface area contributed by atoms with E-state index in [9.17, 15) is 51.1 Å². The molecule has 64 heavy (non-hydrogen) atoms. The summed E-state index contributed by atoms with van der Waals surface area (Å²) < 4.78 is 53.8. The van der Waals surface area contributed by atoms with Gasteiger partial charge in [-0.05, 0) is 74.2 Å². The van der Waals surface area contributed by atoms with Gasteiger partial charge in [-0.1, -0.05) is 12.1 Å². The third kappa shape index (κ3) is 14.9. The largest absolute Gasteiger partial charge is 0.370 e. The number of carbonyl (C=O) groups is 7. The molecule has 17 N–H and O–H groups in total. The van der Waals surface area contributed by atoms with Crippen LogP contribution >= 0.6 is 0 Å². The summed E-state index contributed by atoms with van der Waals surface area (Å²) in [7, 11) is 0. The van der Waals surface area contributed by atoms with Gasteiger partial charge in [-0.15, -0.1) is 0 Å². The average Bonchev–Trinajstić information content (AvgIpc) is 3.25. The van der Waals surface area contributed by atoms with E-state index in [1.807, 2.05) is 0 Å². The fourth-order valence-electron chi connectivity index (χ4n) is 6.29. The molecule has 2 aliphatic rings. The van der Waals surface area contributed by atoms with Crippen LogP contribution in [-0.4, -0.2) is 110 Å². The number of rotatable bonds is 13. The highest BCUT2D eigenvalue weighted by Crippen LogP contribution is 2.32. The van der Waals surface area contributed by atoms with Gasteiger partial charge in [0.1, 0.15) is 29.9 Å². The molecule has 1 saturated heterocycles. The van der Waals surface area contributed by atoms with E-state index < -0.39 is 120 Å². The molecule has 0 saturated carbocycles. The quantitative estimate of drug-likeness (QED) is 0.0806. The first-order chi connectivity index (χ1) is 30.3. The first-order valence-corrected chi connectivity index (χ1v) is 20.0. The fourth-order valence-corrected chi connectivity index (χ4v) is 6.29. The minimum Gasteiger partial charge on any atom is -0.370 e. The van der Waals surface area contributed by atoms with Gasteiger partial charge in [0, 0.05) is 55.1 Å². The van der Waals surface area contributed by atoms with Crippen LogP contribution in [0.2, 0.25) is 0 Å². The molecule has 6 atom stereocenters. The van der Waals surface area contributed by atoms with Crippen molar-refractivity contribution in [2.75, 3.05) is 31.5 Å². The van der Waals surface area contributed by atoms with Gasteiger partial charge in [0.15, 0.2) is 5.96 Å². The Labute approximate surface area is 364 Å². The van der Waals surface area contributed by atoms with Gasteiger partial charge in [-0.25, -0.2) is 22.4 Å². The van der Waals surface area contributed by atoms with Crippen molar-refractivity contribution < 1.29 is 51.1 Å². The molecule has 2 aromatic rings. The van der Waals surface area contributed by atoms with E-state index in [0.717, 1.165) is 18.3 Å². The van der Waals surface area contributed by atoms with E-state index in [1.54, 1.807) is 0 Å². The van der Waals surface area contributed by atoms with E-state index >= 15 is 0 Å². The molecule has 21 nitrogen and oxygen atoms in total. The summed E-state index contributed by atoms with van der Waals surface area (Å²) in [5.41, 5.74) is 22.0. The lowest BCUT2D eigenvalue weighted by atomic mass is 9.99. The van der Waals surface area contributed by atoms with Gasteiger partial charge in [-0.2, -0.15) is 0 Å². The van der Waals surface area contributed by atoms with Crippen LogP contribution in [0.1, 0.15) is 56.6 Å². The van der Waals surface area contributed by atoms with Gasteiger partial charge >= 0.3 is 6.03 Å². The van der Waals surface area contributed by atoms with Gasteiger partial charge in [0.25, 0.3) is 18.8 Å². The van der Waals surface area contributed by atoms with Crippen LogP contribution in [-0.2, 0) is 28.8 Å².